The highest BCUT2D eigenvalue weighted by molar-refractivity contribution is 8.00. The van der Waals surface area contributed by atoms with Crippen LogP contribution in [0.3, 0.4) is 0 Å². The van der Waals surface area contributed by atoms with Crippen molar-refractivity contribution in [1.29, 1.82) is 5.26 Å². The predicted octanol–water partition coefficient (Wildman–Crippen LogP) is 2.99. The molecule has 2 N–H and O–H groups in total. The summed E-state index contributed by atoms with van der Waals surface area (Å²) in [5.41, 5.74) is 1.22. The SMILES string of the molecule is N#Cc1ccc(NC(=O)CSc2ccc(O)cc2)cc1. The van der Waals surface area contributed by atoms with Crippen LogP contribution in [0.2, 0.25) is 0 Å². The van der Waals surface area contributed by atoms with Gasteiger partial charge in [-0.2, -0.15) is 5.26 Å². The van der Waals surface area contributed by atoms with Crippen molar-refractivity contribution < 1.29 is 9.90 Å². The second-order valence-corrected chi connectivity index (χ2v) is 5.07. The van der Waals surface area contributed by atoms with Crippen LogP contribution in [-0.4, -0.2) is 16.8 Å². The van der Waals surface area contributed by atoms with E-state index in [1.54, 1.807) is 48.5 Å². The Kier molecular flexibility index (Phi) is 4.64. The van der Waals surface area contributed by atoms with Gasteiger partial charge >= 0.3 is 0 Å². The van der Waals surface area contributed by atoms with Crippen molar-refractivity contribution in [2.24, 2.45) is 0 Å². The van der Waals surface area contributed by atoms with Gasteiger partial charge in [0.25, 0.3) is 0 Å². The van der Waals surface area contributed by atoms with Crippen LogP contribution in [0.5, 0.6) is 5.75 Å². The topological polar surface area (TPSA) is 73.1 Å². The lowest BCUT2D eigenvalue weighted by Crippen LogP contribution is -2.13. The fourth-order valence-electron chi connectivity index (χ4n) is 1.52. The number of rotatable bonds is 4. The molecule has 2 rings (SSSR count). The molecule has 0 spiro atoms. The Balaban J connectivity index is 1.86. The number of carbonyl (C=O) groups excluding carboxylic acids is 1. The van der Waals surface area contributed by atoms with Crippen LogP contribution in [0.25, 0.3) is 0 Å². The zero-order valence-electron chi connectivity index (χ0n) is 10.5. The molecular weight excluding hydrogens is 272 g/mol. The van der Waals surface area contributed by atoms with Gasteiger partial charge in [-0.15, -0.1) is 11.8 Å². The molecule has 0 aliphatic carbocycles. The van der Waals surface area contributed by atoms with Gasteiger partial charge in [-0.05, 0) is 48.5 Å². The molecule has 0 aromatic heterocycles. The molecule has 0 bridgehead atoms. The molecule has 0 fully saturated rings. The third-order valence-corrected chi connectivity index (χ3v) is 3.52. The van der Waals surface area contributed by atoms with Crippen LogP contribution in [0.1, 0.15) is 5.56 Å². The van der Waals surface area contributed by atoms with E-state index in [2.05, 4.69) is 5.32 Å². The number of hydrogen-bond acceptors (Lipinski definition) is 4. The highest BCUT2D eigenvalue weighted by Gasteiger charge is 2.04. The predicted molar refractivity (Wildman–Crippen MR) is 78.6 cm³/mol. The van der Waals surface area contributed by atoms with E-state index in [0.717, 1.165) is 4.90 Å². The first-order valence-electron chi connectivity index (χ1n) is 5.89. The summed E-state index contributed by atoms with van der Waals surface area (Å²) < 4.78 is 0. The number of amides is 1. The van der Waals surface area contributed by atoms with Gasteiger partial charge in [0, 0.05) is 10.6 Å². The minimum Gasteiger partial charge on any atom is -0.508 e. The lowest BCUT2D eigenvalue weighted by atomic mass is 10.2. The van der Waals surface area contributed by atoms with Crippen LogP contribution in [-0.2, 0) is 4.79 Å². The molecule has 2 aromatic rings. The number of aromatic hydroxyl groups is 1. The minimum absolute atomic E-state index is 0.118. The summed E-state index contributed by atoms with van der Waals surface area (Å²) in [6, 6.07) is 15.4. The Morgan fingerprint density at radius 2 is 1.80 bits per heavy atom. The van der Waals surface area contributed by atoms with Crippen molar-refractivity contribution in [2.75, 3.05) is 11.1 Å². The Labute approximate surface area is 121 Å². The standard InChI is InChI=1S/C15H12N2O2S/c16-9-11-1-3-12(4-2-11)17-15(19)10-20-14-7-5-13(18)6-8-14/h1-8,18H,10H2,(H,17,19). The van der Waals surface area contributed by atoms with Crippen LogP contribution >= 0.6 is 11.8 Å². The fourth-order valence-corrected chi connectivity index (χ4v) is 2.21. The van der Waals surface area contributed by atoms with Gasteiger partial charge in [-0.25, -0.2) is 0 Å². The van der Waals surface area contributed by atoms with E-state index in [1.165, 1.54) is 11.8 Å². The zero-order valence-corrected chi connectivity index (χ0v) is 11.4. The third-order valence-electron chi connectivity index (χ3n) is 2.50. The maximum absolute atomic E-state index is 11.8. The number of hydrogen-bond donors (Lipinski definition) is 2. The number of nitrogens with zero attached hydrogens (tertiary/aromatic N) is 1. The summed E-state index contributed by atoms with van der Waals surface area (Å²) in [6.07, 6.45) is 0. The molecule has 100 valence electrons. The Hall–Kier alpha value is -2.45. The van der Waals surface area contributed by atoms with Crippen molar-refractivity contribution >= 4 is 23.4 Å². The lowest BCUT2D eigenvalue weighted by molar-refractivity contribution is -0.113. The Morgan fingerprint density at radius 3 is 2.40 bits per heavy atom. The van der Waals surface area contributed by atoms with Gasteiger partial charge < -0.3 is 10.4 Å². The average Bonchev–Trinajstić information content (AvgIpc) is 2.47. The maximum atomic E-state index is 11.8. The monoisotopic (exact) mass is 284 g/mol. The van der Waals surface area contributed by atoms with E-state index < -0.39 is 0 Å². The number of phenols is 1. The molecule has 0 atom stereocenters. The van der Waals surface area contributed by atoms with Crippen LogP contribution in [0.15, 0.2) is 53.4 Å². The quantitative estimate of drug-likeness (QED) is 0.846. The van der Waals surface area contributed by atoms with Crippen molar-refractivity contribution in [1.82, 2.24) is 0 Å². The largest absolute Gasteiger partial charge is 0.508 e. The first-order valence-corrected chi connectivity index (χ1v) is 6.88. The molecule has 0 radical (unpaired) electrons. The molecule has 0 saturated carbocycles. The summed E-state index contributed by atoms with van der Waals surface area (Å²) in [5, 5.41) is 20.6. The average molecular weight is 284 g/mol. The van der Waals surface area contributed by atoms with E-state index in [4.69, 9.17) is 10.4 Å². The molecule has 5 heteroatoms. The van der Waals surface area contributed by atoms with Crippen molar-refractivity contribution in [3.8, 4) is 11.8 Å². The van der Waals surface area contributed by atoms with E-state index in [9.17, 15) is 4.79 Å². The number of anilines is 1. The van der Waals surface area contributed by atoms with E-state index >= 15 is 0 Å². The molecule has 0 heterocycles. The van der Waals surface area contributed by atoms with Gasteiger partial charge in [-0.3, -0.25) is 4.79 Å². The number of carbonyl (C=O) groups is 1. The van der Waals surface area contributed by atoms with Gasteiger partial charge in [0.1, 0.15) is 5.75 Å². The van der Waals surface area contributed by atoms with E-state index in [1.807, 2.05) is 6.07 Å². The molecule has 0 aliphatic rings. The van der Waals surface area contributed by atoms with E-state index in [-0.39, 0.29) is 17.4 Å². The first kappa shape index (κ1) is 14.0. The molecule has 1 amide bonds. The fraction of sp³-hybridized carbons (Fsp3) is 0.0667. The third kappa shape index (κ3) is 4.04. The molecule has 4 nitrogen and oxygen atoms in total. The number of benzene rings is 2. The molecule has 20 heavy (non-hydrogen) atoms. The molecule has 0 unspecified atom stereocenters. The highest BCUT2D eigenvalue weighted by Crippen LogP contribution is 2.20. The first-order chi connectivity index (χ1) is 9.67. The van der Waals surface area contributed by atoms with Crippen LogP contribution < -0.4 is 5.32 Å². The van der Waals surface area contributed by atoms with Gasteiger partial charge in [0.15, 0.2) is 0 Å². The van der Waals surface area contributed by atoms with Crippen molar-refractivity contribution in [2.45, 2.75) is 4.90 Å². The van der Waals surface area contributed by atoms with Gasteiger partial charge in [0.2, 0.25) is 5.91 Å². The van der Waals surface area contributed by atoms with Crippen LogP contribution in [0.4, 0.5) is 5.69 Å². The Morgan fingerprint density at radius 1 is 1.15 bits per heavy atom. The van der Waals surface area contributed by atoms with Crippen molar-refractivity contribution in [3.63, 3.8) is 0 Å². The highest BCUT2D eigenvalue weighted by atomic mass is 32.2. The second kappa shape index (κ2) is 6.64. The van der Waals surface area contributed by atoms with Crippen molar-refractivity contribution in [3.05, 3.63) is 54.1 Å². The smallest absolute Gasteiger partial charge is 0.234 e. The lowest BCUT2D eigenvalue weighted by Gasteiger charge is -2.05. The molecule has 0 saturated heterocycles. The minimum atomic E-state index is -0.118. The molecule has 2 aromatic carbocycles. The summed E-state index contributed by atoms with van der Waals surface area (Å²) in [6.45, 7) is 0. The van der Waals surface area contributed by atoms with Gasteiger partial charge in [-0.1, -0.05) is 0 Å². The van der Waals surface area contributed by atoms with Crippen LogP contribution in [0, 0.1) is 11.3 Å². The number of phenolic OH excluding ortho intramolecular Hbond substituents is 1. The van der Waals surface area contributed by atoms with E-state index in [0.29, 0.717) is 11.3 Å². The normalized spacial score (nSPS) is 9.75. The summed E-state index contributed by atoms with van der Waals surface area (Å²) in [5.74, 6) is 0.370. The molecule has 0 aliphatic heterocycles. The molecular formula is C15H12N2O2S. The van der Waals surface area contributed by atoms with Gasteiger partial charge in [0.05, 0.1) is 17.4 Å². The number of nitriles is 1. The summed E-state index contributed by atoms with van der Waals surface area (Å²) in [4.78, 5) is 12.7. The summed E-state index contributed by atoms with van der Waals surface area (Å²) >= 11 is 1.39. The summed E-state index contributed by atoms with van der Waals surface area (Å²) in [7, 11) is 0. The zero-order chi connectivity index (χ0) is 14.4. The number of nitrogens with one attached hydrogen (secondary N) is 1. The Bertz CT molecular complexity index is 630. The maximum Gasteiger partial charge on any atom is 0.234 e. The number of thioether (sulfide) groups is 1. The second-order valence-electron chi connectivity index (χ2n) is 4.02.